The van der Waals surface area contributed by atoms with Crippen molar-refractivity contribution in [2.24, 2.45) is 5.92 Å². The number of rotatable bonds is 2. The van der Waals surface area contributed by atoms with Gasteiger partial charge in [0, 0.05) is 18.2 Å². The summed E-state index contributed by atoms with van der Waals surface area (Å²) in [5.41, 5.74) is 2.74. The molecular formula is C16H21NO3. The number of benzene rings is 1. The van der Waals surface area contributed by atoms with Gasteiger partial charge < -0.3 is 10.0 Å². The fraction of sp³-hybridized carbons (Fsp3) is 0.500. The van der Waals surface area contributed by atoms with Crippen LogP contribution < -0.4 is 0 Å². The summed E-state index contributed by atoms with van der Waals surface area (Å²) >= 11 is 0. The Labute approximate surface area is 119 Å². The number of hydrogen-bond acceptors (Lipinski definition) is 2. The second-order valence-electron chi connectivity index (χ2n) is 5.64. The zero-order chi connectivity index (χ0) is 14.9. The molecule has 1 N–H and O–H groups in total. The van der Waals surface area contributed by atoms with Crippen LogP contribution in [0.4, 0.5) is 0 Å². The molecule has 0 bridgehead atoms. The van der Waals surface area contributed by atoms with Crippen LogP contribution >= 0.6 is 0 Å². The molecule has 0 aliphatic carbocycles. The summed E-state index contributed by atoms with van der Waals surface area (Å²) in [6, 6.07) is 5.49. The summed E-state index contributed by atoms with van der Waals surface area (Å²) in [5.74, 6) is -1.32. The Morgan fingerprint density at radius 1 is 1.30 bits per heavy atom. The quantitative estimate of drug-likeness (QED) is 0.902. The number of hydrogen-bond donors (Lipinski definition) is 1. The summed E-state index contributed by atoms with van der Waals surface area (Å²) in [4.78, 5) is 25.6. The lowest BCUT2D eigenvalue weighted by atomic mass is 9.89. The van der Waals surface area contributed by atoms with Crippen molar-refractivity contribution in [3.8, 4) is 0 Å². The van der Waals surface area contributed by atoms with E-state index in [1.165, 1.54) is 0 Å². The predicted molar refractivity (Wildman–Crippen MR) is 76.8 cm³/mol. The zero-order valence-corrected chi connectivity index (χ0v) is 12.2. The van der Waals surface area contributed by atoms with E-state index in [1.807, 2.05) is 39.0 Å². The maximum atomic E-state index is 12.6. The topological polar surface area (TPSA) is 57.6 Å². The molecule has 2 atom stereocenters. The van der Waals surface area contributed by atoms with Gasteiger partial charge in [-0.2, -0.15) is 0 Å². The third-order valence-corrected chi connectivity index (χ3v) is 4.18. The largest absolute Gasteiger partial charge is 0.481 e. The highest BCUT2D eigenvalue weighted by Crippen LogP contribution is 2.26. The van der Waals surface area contributed by atoms with E-state index in [9.17, 15) is 14.7 Å². The maximum absolute atomic E-state index is 12.6. The fourth-order valence-corrected chi connectivity index (χ4v) is 2.97. The van der Waals surface area contributed by atoms with E-state index in [4.69, 9.17) is 0 Å². The van der Waals surface area contributed by atoms with Crippen LogP contribution in [0.2, 0.25) is 0 Å². The number of aliphatic carboxylic acids is 1. The third-order valence-electron chi connectivity index (χ3n) is 4.18. The fourth-order valence-electron chi connectivity index (χ4n) is 2.97. The van der Waals surface area contributed by atoms with Crippen molar-refractivity contribution in [2.75, 3.05) is 6.54 Å². The van der Waals surface area contributed by atoms with Crippen LogP contribution in [0, 0.1) is 19.8 Å². The number of carbonyl (C=O) groups excluding carboxylic acids is 1. The summed E-state index contributed by atoms with van der Waals surface area (Å²) < 4.78 is 0. The lowest BCUT2D eigenvalue weighted by molar-refractivity contribution is -0.144. The molecule has 4 heteroatoms. The summed E-state index contributed by atoms with van der Waals surface area (Å²) in [5, 5.41) is 9.23. The molecule has 108 valence electrons. The Morgan fingerprint density at radius 2 is 2.00 bits per heavy atom. The number of carboxylic acids is 1. The number of nitrogens with zero attached hydrogens (tertiary/aromatic N) is 1. The number of likely N-dealkylation sites (tertiary alicyclic amines) is 1. The minimum absolute atomic E-state index is 0.0547. The number of amides is 1. The Balaban J connectivity index is 2.26. The molecule has 1 fully saturated rings. The zero-order valence-electron chi connectivity index (χ0n) is 12.2. The maximum Gasteiger partial charge on any atom is 0.308 e. The van der Waals surface area contributed by atoms with Crippen molar-refractivity contribution in [1.82, 2.24) is 4.90 Å². The van der Waals surface area contributed by atoms with Crippen molar-refractivity contribution in [1.29, 1.82) is 0 Å². The molecule has 0 aromatic heterocycles. The number of aryl methyl sites for hydroxylation is 2. The molecule has 1 aliphatic rings. The van der Waals surface area contributed by atoms with Crippen molar-refractivity contribution >= 4 is 11.9 Å². The van der Waals surface area contributed by atoms with Gasteiger partial charge in [0.15, 0.2) is 0 Å². The normalized spacial score (nSPS) is 22.6. The Morgan fingerprint density at radius 3 is 2.60 bits per heavy atom. The number of carbonyl (C=O) groups is 2. The van der Waals surface area contributed by atoms with Crippen LogP contribution in [0.15, 0.2) is 18.2 Å². The Kier molecular flexibility index (Phi) is 4.12. The first kappa shape index (κ1) is 14.6. The van der Waals surface area contributed by atoms with Crippen LogP contribution in [0.1, 0.15) is 41.3 Å². The molecule has 1 amide bonds. The van der Waals surface area contributed by atoms with E-state index in [2.05, 4.69) is 0 Å². The van der Waals surface area contributed by atoms with E-state index >= 15 is 0 Å². The average Bonchev–Trinajstić information content (AvgIpc) is 2.38. The van der Waals surface area contributed by atoms with Gasteiger partial charge in [0.2, 0.25) is 0 Å². The highest BCUT2D eigenvalue weighted by molar-refractivity contribution is 5.96. The summed E-state index contributed by atoms with van der Waals surface area (Å²) in [6.45, 7) is 6.38. The van der Waals surface area contributed by atoms with E-state index in [1.54, 1.807) is 4.90 Å². The van der Waals surface area contributed by atoms with Crippen LogP contribution in [0.5, 0.6) is 0 Å². The van der Waals surface area contributed by atoms with Gasteiger partial charge in [-0.1, -0.05) is 17.7 Å². The second-order valence-corrected chi connectivity index (χ2v) is 5.64. The van der Waals surface area contributed by atoms with Gasteiger partial charge in [-0.25, -0.2) is 0 Å². The molecule has 0 spiro atoms. The minimum atomic E-state index is -0.810. The van der Waals surface area contributed by atoms with Crippen LogP contribution in [0.25, 0.3) is 0 Å². The first-order valence-corrected chi connectivity index (χ1v) is 7.03. The van der Waals surface area contributed by atoms with E-state index in [-0.39, 0.29) is 11.9 Å². The lowest BCUT2D eigenvalue weighted by Crippen LogP contribution is -2.49. The Bertz CT molecular complexity index is 539. The van der Waals surface area contributed by atoms with Gasteiger partial charge in [0.05, 0.1) is 5.92 Å². The lowest BCUT2D eigenvalue weighted by Gasteiger charge is -2.37. The molecule has 0 saturated carbocycles. The molecule has 1 saturated heterocycles. The standard InChI is InChI=1S/C16H21NO3/c1-10-6-7-13(11(2)9-10)15(18)17-8-4-5-14(12(17)3)16(19)20/h6-7,9,12,14H,4-5,8H2,1-3H3,(H,19,20)/t12-,14-/m1/s1. The smallest absolute Gasteiger partial charge is 0.308 e. The SMILES string of the molecule is Cc1ccc(C(=O)N2CCC[C@@H](C(=O)O)[C@H]2C)c(C)c1. The first-order chi connectivity index (χ1) is 9.41. The van der Waals surface area contributed by atoms with Crippen LogP contribution in [-0.4, -0.2) is 34.5 Å². The highest BCUT2D eigenvalue weighted by Gasteiger charge is 2.35. The summed E-state index contributed by atoms with van der Waals surface area (Å²) in [6.07, 6.45) is 1.39. The minimum Gasteiger partial charge on any atom is -0.481 e. The van der Waals surface area contributed by atoms with Crippen molar-refractivity contribution in [3.63, 3.8) is 0 Å². The van der Waals surface area contributed by atoms with Crippen molar-refractivity contribution in [2.45, 2.75) is 39.7 Å². The molecular weight excluding hydrogens is 254 g/mol. The molecule has 1 aliphatic heterocycles. The van der Waals surface area contributed by atoms with Gasteiger partial charge in [-0.05, 0) is 45.2 Å². The van der Waals surface area contributed by atoms with Gasteiger partial charge in [0.1, 0.15) is 0 Å². The summed E-state index contributed by atoms with van der Waals surface area (Å²) in [7, 11) is 0. The predicted octanol–water partition coefficient (Wildman–Crippen LogP) is 2.63. The molecule has 0 unspecified atom stereocenters. The molecule has 0 radical (unpaired) electrons. The molecule has 1 heterocycles. The monoisotopic (exact) mass is 275 g/mol. The highest BCUT2D eigenvalue weighted by atomic mass is 16.4. The first-order valence-electron chi connectivity index (χ1n) is 7.03. The van der Waals surface area contributed by atoms with Crippen molar-refractivity contribution < 1.29 is 14.7 Å². The molecule has 4 nitrogen and oxygen atoms in total. The van der Waals surface area contributed by atoms with E-state index in [0.29, 0.717) is 18.5 Å². The molecule has 20 heavy (non-hydrogen) atoms. The average molecular weight is 275 g/mol. The van der Waals surface area contributed by atoms with E-state index < -0.39 is 11.9 Å². The third kappa shape index (κ3) is 2.69. The number of piperidine rings is 1. The van der Waals surface area contributed by atoms with Crippen LogP contribution in [0.3, 0.4) is 0 Å². The van der Waals surface area contributed by atoms with Crippen LogP contribution in [-0.2, 0) is 4.79 Å². The number of carboxylic acid groups (broad SMARTS) is 1. The molecule has 1 aromatic rings. The van der Waals surface area contributed by atoms with Gasteiger partial charge in [-0.15, -0.1) is 0 Å². The molecule has 1 aromatic carbocycles. The van der Waals surface area contributed by atoms with Gasteiger partial charge in [-0.3, -0.25) is 9.59 Å². The van der Waals surface area contributed by atoms with E-state index in [0.717, 1.165) is 17.5 Å². The van der Waals surface area contributed by atoms with Gasteiger partial charge >= 0.3 is 5.97 Å². The van der Waals surface area contributed by atoms with Crippen molar-refractivity contribution in [3.05, 3.63) is 34.9 Å². The Hall–Kier alpha value is -1.84. The molecule has 2 rings (SSSR count). The van der Waals surface area contributed by atoms with Gasteiger partial charge in [0.25, 0.3) is 5.91 Å². The second kappa shape index (κ2) is 5.65.